The molecular weight excluding hydrogens is 250 g/mol. The van der Waals surface area contributed by atoms with Gasteiger partial charge in [-0.25, -0.2) is 0 Å². The lowest BCUT2D eigenvalue weighted by Gasteiger charge is -2.22. The summed E-state index contributed by atoms with van der Waals surface area (Å²) in [6.07, 6.45) is 1.25. The van der Waals surface area contributed by atoms with Gasteiger partial charge in [0.1, 0.15) is 5.75 Å². The van der Waals surface area contributed by atoms with Gasteiger partial charge in [0.05, 0.1) is 6.61 Å². The van der Waals surface area contributed by atoms with Crippen LogP contribution in [0.4, 0.5) is 0 Å². The van der Waals surface area contributed by atoms with E-state index in [9.17, 15) is 4.79 Å². The third-order valence-corrected chi connectivity index (χ3v) is 4.05. The van der Waals surface area contributed by atoms with E-state index in [1.165, 1.54) is 6.42 Å². The molecule has 1 saturated heterocycles. The molecule has 1 aromatic carbocycles. The van der Waals surface area contributed by atoms with E-state index in [1.54, 1.807) is 6.92 Å². The van der Waals surface area contributed by atoms with Gasteiger partial charge in [0, 0.05) is 30.3 Å². The maximum absolute atomic E-state index is 11.6. The number of hydrogen-bond donors (Lipinski definition) is 0. The Kier molecular flexibility index (Phi) is 4.81. The van der Waals surface area contributed by atoms with Gasteiger partial charge in [0.2, 0.25) is 0 Å². The summed E-state index contributed by atoms with van der Waals surface area (Å²) >= 11 is 0. The lowest BCUT2D eigenvalue weighted by atomic mass is 10.1. The molecule has 1 heterocycles. The molecule has 1 fully saturated rings. The van der Waals surface area contributed by atoms with E-state index < -0.39 is 0 Å². The summed E-state index contributed by atoms with van der Waals surface area (Å²) in [6.45, 7) is 10.8. The van der Waals surface area contributed by atoms with Gasteiger partial charge >= 0.3 is 0 Å². The SMILES string of the molecule is CCOc1ccc(C(C)=O)cc1CN1CC(C)CC1C. The highest BCUT2D eigenvalue weighted by atomic mass is 16.5. The van der Waals surface area contributed by atoms with Crippen molar-refractivity contribution >= 4 is 5.78 Å². The van der Waals surface area contributed by atoms with Crippen LogP contribution in [0.3, 0.4) is 0 Å². The minimum absolute atomic E-state index is 0.108. The zero-order chi connectivity index (χ0) is 14.7. The molecule has 1 aromatic rings. The molecule has 2 unspecified atom stereocenters. The van der Waals surface area contributed by atoms with Crippen LogP contribution in [0, 0.1) is 5.92 Å². The number of ketones is 1. The first kappa shape index (κ1) is 15.0. The number of rotatable bonds is 5. The maximum Gasteiger partial charge on any atom is 0.159 e. The number of Topliss-reactive ketones (excluding diaryl/α,β-unsaturated/α-hetero) is 1. The van der Waals surface area contributed by atoms with Crippen LogP contribution in [0.1, 0.15) is 50.0 Å². The van der Waals surface area contributed by atoms with Crippen LogP contribution in [0.5, 0.6) is 5.75 Å². The van der Waals surface area contributed by atoms with Crippen LogP contribution >= 0.6 is 0 Å². The Balaban J connectivity index is 2.23. The minimum atomic E-state index is 0.108. The Hall–Kier alpha value is -1.35. The van der Waals surface area contributed by atoms with E-state index in [0.29, 0.717) is 12.6 Å². The maximum atomic E-state index is 11.6. The van der Waals surface area contributed by atoms with Crippen molar-refractivity contribution in [2.75, 3.05) is 13.2 Å². The first-order valence-corrected chi connectivity index (χ1v) is 7.52. The molecule has 0 amide bonds. The summed E-state index contributed by atoms with van der Waals surface area (Å²) in [4.78, 5) is 14.0. The zero-order valence-corrected chi connectivity index (χ0v) is 13.0. The number of nitrogens with zero attached hydrogens (tertiary/aromatic N) is 1. The van der Waals surface area contributed by atoms with Crippen LogP contribution in [0.25, 0.3) is 0 Å². The fraction of sp³-hybridized carbons (Fsp3) is 0.588. The average molecular weight is 275 g/mol. The van der Waals surface area contributed by atoms with Gasteiger partial charge in [0.15, 0.2) is 5.78 Å². The lowest BCUT2D eigenvalue weighted by Crippen LogP contribution is -2.27. The smallest absolute Gasteiger partial charge is 0.159 e. The first-order valence-electron chi connectivity index (χ1n) is 7.52. The number of ether oxygens (including phenoxy) is 1. The molecule has 0 spiro atoms. The van der Waals surface area contributed by atoms with Crippen molar-refractivity contribution in [3.63, 3.8) is 0 Å². The molecule has 2 atom stereocenters. The summed E-state index contributed by atoms with van der Waals surface area (Å²) in [6, 6.07) is 6.37. The van der Waals surface area contributed by atoms with Crippen molar-refractivity contribution in [3.05, 3.63) is 29.3 Å². The van der Waals surface area contributed by atoms with Crippen LogP contribution in [-0.2, 0) is 6.54 Å². The molecule has 0 N–H and O–H groups in total. The van der Waals surface area contributed by atoms with Crippen LogP contribution in [0.15, 0.2) is 18.2 Å². The summed E-state index contributed by atoms with van der Waals surface area (Å²) in [7, 11) is 0. The first-order chi connectivity index (χ1) is 9.51. The molecule has 0 aromatic heterocycles. The van der Waals surface area contributed by atoms with Crippen molar-refractivity contribution < 1.29 is 9.53 Å². The second kappa shape index (κ2) is 6.40. The standard InChI is InChI=1S/C17H25NO2/c1-5-20-17-7-6-15(14(4)19)9-16(17)11-18-10-12(2)8-13(18)3/h6-7,9,12-13H,5,8,10-11H2,1-4H3. The van der Waals surface area contributed by atoms with E-state index in [4.69, 9.17) is 4.74 Å². The summed E-state index contributed by atoms with van der Waals surface area (Å²) < 4.78 is 5.71. The highest BCUT2D eigenvalue weighted by molar-refractivity contribution is 5.94. The summed E-state index contributed by atoms with van der Waals surface area (Å²) in [5.74, 6) is 1.76. The van der Waals surface area contributed by atoms with Crippen LogP contribution in [0.2, 0.25) is 0 Å². The molecule has 0 aliphatic carbocycles. The monoisotopic (exact) mass is 275 g/mol. The Morgan fingerprint density at radius 3 is 2.70 bits per heavy atom. The highest BCUT2D eigenvalue weighted by Crippen LogP contribution is 2.28. The van der Waals surface area contributed by atoms with Gasteiger partial charge in [-0.2, -0.15) is 0 Å². The van der Waals surface area contributed by atoms with Crippen molar-refractivity contribution in [1.29, 1.82) is 0 Å². The zero-order valence-electron chi connectivity index (χ0n) is 13.0. The molecule has 3 nitrogen and oxygen atoms in total. The van der Waals surface area contributed by atoms with Crippen LogP contribution < -0.4 is 4.74 Å². The Morgan fingerprint density at radius 1 is 1.40 bits per heavy atom. The quantitative estimate of drug-likeness (QED) is 0.770. The predicted octanol–water partition coefficient (Wildman–Crippen LogP) is 3.52. The number of likely N-dealkylation sites (tertiary alicyclic amines) is 1. The average Bonchev–Trinajstić information content (AvgIpc) is 2.70. The molecule has 0 saturated carbocycles. The van der Waals surface area contributed by atoms with E-state index in [1.807, 2.05) is 25.1 Å². The van der Waals surface area contributed by atoms with Gasteiger partial charge in [0.25, 0.3) is 0 Å². The van der Waals surface area contributed by atoms with E-state index in [0.717, 1.165) is 35.9 Å². The van der Waals surface area contributed by atoms with Gasteiger partial charge in [-0.05, 0) is 51.3 Å². The molecule has 2 rings (SSSR count). The third kappa shape index (κ3) is 3.40. The number of hydrogen-bond acceptors (Lipinski definition) is 3. The minimum Gasteiger partial charge on any atom is -0.494 e. The molecule has 1 aliphatic heterocycles. The van der Waals surface area contributed by atoms with Gasteiger partial charge in [-0.3, -0.25) is 9.69 Å². The Bertz CT molecular complexity index is 484. The molecule has 0 bridgehead atoms. The van der Waals surface area contributed by atoms with Gasteiger partial charge < -0.3 is 4.74 Å². The summed E-state index contributed by atoms with van der Waals surface area (Å²) in [5, 5.41) is 0. The lowest BCUT2D eigenvalue weighted by molar-refractivity contribution is 0.101. The van der Waals surface area contributed by atoms with Crippen molar-refractivity contribution in [2.45, 2.75) is 46.7 Å². The van der Waals surface area contributed by atoms with Crippen molar-refractivity contribution in [2.24, 2.45) is 5.92 Å². The second-order valence-electron chi connectivity index (χ2n) is 5.93. The summed E-state index contributed by atoms with van der Waals surface area (Å²) in [5.41, 5.74) is 1.89. The Morgan fingerprint density at radius 2 is 2.15 bits per heavy atom. The number of carbonyl (C=O) groups excluding carboxylic acids is 1. The largest absolute Gasteiger partial charge is 0.494 e. The predicted molar refractivity (Wildman–Crippen MR) is 81.3 cm³/mol. The van der Waals surface area contributed by atoms with Crippen molar-refractivity contribution in [3.8, 4) is 5.75 Å². The topological polar surface area (TPSA) is 29.5 Å². The van der Waals surface area contributed by atoms with Gasteiger partial charge in [-0.1, -0.05) is 6.92 Å². The van der Waals surface area contributed by atoms with Crippen molar-refractivity contribution in [1.82, 2.24) is 4.90 Å². The molecule has 110 valence electrons. The normalized spacial score (nSPS) is 23.0. The van der Waals surface area contributed by atoms with E-state index in [2.05, 4.69) is 18.7 Å². The van der Waals surface area contributed by atoms with Crippen LogP contribution in [-0.4, -0.2) is 29.9 Å². The third-order valence-electron chi connectivity index (χ3n) is 4.05. The highest BCUT2D eigenvalue weighted by Gasteiger charge is 2.26. The molecule has 3 heteroatoms. The molecule has 20 heavy (non-hydrogen) atoms. The molecule has 1 aliphatic rings. The number of benzene rings is 1. The molecular formula is C17H25NO2. The fourth-order valence-corrected chi connectivity index (χ4v) is 3.04. The van der Waals surface area contributed by atoms with Gasteiger partial charge in [-0.15, -0.1) is 0 Å². The number of carbonyl (C=O) groups is 1. The molecule has 0 radical (unpaired) electrons. The van der Waals surface area contributed by atoms with E-state index in [-0.39, 0.29) is 5.78 Å². The Labute approximate surface area is 121 Å². The van der Waals surface area contributed by atoms with E-state index >= 15 is 0 Å². The fourth-order valence-electron chi connectivity index (χ4n) is 3.04. The second-order valence-corrected chi connectivity index (χ2v) is 5.93.